The molecule has 2 aromatic rings. The van der Waals surface area contributed by atoms with Crippen molar-refractivity contribution in [3.05, 3.63) is 41.7 Å². The number of carbonyl (C=O) groups excluding carboxylic acids is 1. The highest BCUT2D eigenvalue weighted by molar-refractivity contribution is 7.98. The fourth-order valence-electron chi connectivity index (χ4n) is 1.74. The van der Waals surface area contributed by atoms with Crippen molar-refractivity contribution in [3.8, 4) is 0 Å². The number of nitrogens with zero attached hydrogens (tertiary/aromatic N) is 2. The fourth-order valence-corrected chi connectivity index (χ4v) is 2.47. The summed E-state index contributed by atoms with van der Waals surface area (Å²) in [6.45, 7) is 1.58. The van der Waals surface area contributed by atoms with Gasteiger partial charge in [-0.15, -0.1) is 0 Å². The molecule has 1 amide bonds. The summed E-state index contributed by atoms with van der Waals surface area (Å²) in [5.41, 5.74) is 1.83. The van der Waals surface area contributed by atoms with Gasteiger partial charge in [-0.3, -0.25) is 9.89 Å². The molecule has 0 atom stereocenters. The number of hydrogen-bond donors (Lipinski definition) is 3. The molecule has 21 heavy (non-hydrogen) atoms. The third kappa shape index (κ3) is 5.20. The molecule has 1 heterocycles. The second kappa shape index (κ2) is 8.43. The van der Waals surface area contributed by atoms with Gasteiger partial charge in [0.2, 0.25) is 0 Å². The minimum atomic E-state index is -0.0273. The molecule has 0 saturated heterocycles. The van der Waals surface area contributed by atoms with E-state index in [2.05, 4.69) is 25.8 Å². The molecule has 0 radical (unpaired) electrons. The lowest BCUT2D eigenvalue weighted by atomic mass is 10.1. The molecular weight excluding hydrogens is 286 g/mol. The van der Waals surface area contributed by atoms with Gasteiger partial charge in [0, 0.05) is 17.9 Å². The molecule has 0 bridgehead atoms. The number of aromatic amines is 1. The van der Waals surface area contributed by atoms with E-state index < -0.39 is 0 Å². The predicted octanol–water partition coefficient (Wildman–Crippen LogP) is 1.44. The fraction of sp³-hybridized carbons (Fsp3) is 0.357. The van der Waals surface area contributed by atoms with Gasteiger partial charge in [0.25, 0.3) is 5.91 Å². The van der Waals surface area contributed by atoms with Gasteiger partial charge in [-0.1, -0.05) is 23.9 Å². The van der Waals surface area contributed by atoms with Gasteiger partial charge in [0.05, 0.1) is 0 Å². The molecule has 0 aliphatic heterocycles. The summed E-state index contributed by atoms with van der Waals surface area (Å²) in [7, 11) is 1.90. The summed E-state index contributed by atoms with van der Waals surface area (Å²) in [4.78, 5) is 16.0. The van der Waals surface area contributed by atoms with Crippen LogP contribution in [0.2, 0.25) is 0 Å². The number of nitrogens with one attached hydrogen (secondary N) is 3. The van der Waals surface area contributed by atoms with Gasteiger partial charge in [0.15, 0.2) is 5.16 Å². The number of H-pyrrole nitrogens is 1. The van der Waals surface area contributed by atoms with Crippen LogP contribution in [0.4, 0.5) is 0 Å². The van der Waals surface area contributed by atoms with Crippen molar-refractivity contribution in [3.63, 3.8) is 0 Å². The number of carbonyl (C=O) groups is 1. The third-order valence-electron chi connectivity index (χ3n) is 2.87. The molecule has 2 rings (SSSR count). The third-order valence-corrected chi connectivity index (χ3v) is 3.82. The Hall–Kier alpha value is -1.86. The smallest absolute Gasteiger partial charge is 0.251 e. The zero-order valence-corrected chi connectivity index (χ0v) is 12.7. The SMILES string of the molecule is CNCCCNC(=O)c1ccc(CSc2ncn[nH]2)cc1. The summed E-state index contributed by atoms with van der Waals surface area (Å²) < 4.78 is 0. The van der Waals surface area contributed by atoms with Crippen LogP contribution >= 0.6 is 11.8 Å². The van der Waals surface area contributed by atoms with Crippen molar-refractivity contribution >= 4 is 17.7 Å². The summed E-state index contributed by atoms with van der Waals surface area (Å²) in [6.07, 6.45) is 2.41. The lowest BCUT2D eigenvalue weighted by Gasteiger charge is -2.06. The highest BCUT2D eigenvalue weighted by Crippen LogP contribution is 2.18. The lowest BCUT2D eigenvalue weighted by Crippen LogP contribution is -2.26. The van der Waals surface area contributed by atoms with Gasteiger partial charge in [-0.05, 0) is 37.7 Å². The molecule has 7 heteroatoms. The zero-order valence-electron chi connectivity index (χ0n) is 11.9. The highest BCUT2D eigenvalue weighted by Gasteiger charge is 2.05. The molecule has 1 aromatic heterocycles. The molecule has 0 aliphatic carbocycles. The predicted molar refractivity (Wildman–Crippen MR) is 83.3 cm³/mol. The van der Waals surface area contributed by atoms with Gasteiger partial charge in [-0.25, -0.2) is 4.98 Å². The maximum Gasteiger partial charge on any atom is 0.251 e. The van der Waals surface area contributed by atoms with E-state index in [1.807, 2.05) is 31.3 Å². The van der Waals surface area contributed by atoms with Crippen molar-refractivity contribution in [2.75, 3.05) is 20.1 Å². The van der Waals surface area contributed by atoms with E-state index in [0.29, 0.717) is 12.1 Å². The number of rotatable bonds is 8. The first kappa shape index (κ1) is 15.5. The van der Waals surface area contributed by atoms with Crippen LogP contribution in [0.25, 0.3) is 0 Å². The molecule has 1 aromatic carbocycles. The number of amides is 1. The van der Waals surface area contributed by atoms with Crippen LogP contribution in [0.15, 0.2) is 35.7 Å². The minimum absolute atomic E-state index is 0.0273. The quantitative estimate of drug-likeness (QED) is 0.508. The van der Waals surface area contributed by atoms with E-state index >= 15 is 0 Å². The zero-order chi connectivity index (χ0) is 14.9. The van der Waals surface area contributed by atoms with Crippen LogP contribution in [0.1, 0.15) is 22.3 Å². The van der Waals surface area contributed by atoms with Gasteiger partial charge >= 0.3 is 0 Å². The Bertz CT molecular complexity index is 541. The van der Waals surface area contributed by atoms with Gasteiger partial charge in [0.1, 0.15) is 6.33 Å². The maximum absolute atomic E-state index is 11.9. The number of benzene rings is 1. The summed E-state index contributed by atoms with van der Waals surface area (Å²) in [5.74, 6) is 0.764. The van der Waals surface area contributed by atoms with Crippen LogP contribution < -0.4 is 10.6 Å². The van der Waals surface area contributed by atoms with Crippen LogP contribution in [-0.2, 0) is 5.75 Å². The largest absolute Gasteiger partial charge is 0.352 e. The molecule has 0 saturated carbocycles. The van der Waals surface area contributed by atoms with Crippen molar-refractivity contribution in [1.29, 1.82) is 0 Å². The van der Waals surface area contributed by atoms with Crippen molar-refractivity contribution in [1.82, 2.24) is 25.8 Å². The van der Waals surface area contributed by atoms with Crippen LogP contribution in [0.5, 0.6) is 0 Å². The van der Waals surface area contributed by atoms with E-state index in [9.17, 15) is 4.79 Å². The Balaban J connectivity index is 1.79. The maximum atomic E-state index is 11.9. The first-order valence-corrected chi connectivity index (χ1v) is 7.78. The van der Waals surface area contributed by atoms with Crippen molar-refractivity contribution < 1.29 is 4.79 Å². The summed E-state index contributed by atoms with van der Waals surface area (Å²) in [5, 5.41) is 13.3. The van der Waals surface area contributed by atoms with E-state index in [0.717, 1.165) is 29.4 Å². The Labute approximate surface area is 128 Å². The molecule has 0 fully saturated rings. The van der Waals surface area contributed by atoms with Gasteiger partial charge < -0.3 is 10.6 Å². The average molecular weight is 305 g/mol. The summed E-state index contributed by atoms with van der Waals surface area (Å²) in [6, 6.07) is 7.63. The lowest BCUT2D eigenvalue weighted by molar-refractivity contribution is 0.0953. The molecule has 0 aliphatic rings. The van der Waals surface area contributed by atoms with Crippen molar-refractivity contribution in [2.45, 2.75) is 17.3 Å². The Morgan fingerprint density at radius 1 is 1.29 bits per heavy atom. The molecule has 3 N–H and O–H groups in total. The van der Waals surface area contributed by atoms with Crippen LogP contribution in [0.3, 0.4) is 0 Å². The first-order chi connectivity index (χ1) is 10.3. The number of thioether (sulfide) groups is 1. The Kier molecular flexibility index (Phi) is 6.23. The Morgan fingerprint density at radius 3 is 2.76 bits per heavy atom. The Morgan fingerprint density at radius 2 is 2.10 bits per heavy atom. The van der Waals surface area contributed by atoms with Crippen LogP contribution in [0, 0.1) is 0 Å². The molecule has 0 unspecified atom stereocenters. The van der Waals surface area contributed by atoms with Crippen LogP contribution in [-0.4, -0.2) is 41.2 Å². The normalized spacial score (nSPS) is 10.5. The van der Waals surface area contributed by atoms with Gasteiger partial charge in [-0.2, -0.15) is 5.10 Å². The monoisotopic (exact) mass is 305 g/mol. The van der Waals surface area contributed by atoms with E-state index in [1.165, 1.54) is 6.33 Å². The first-order valence-electron chi connectivity index (χ1n) is 6.79. The highest BCUT2D eigenvalue weighted by atomic mass is 32.2. The number of aromatic nitrogens is 3. The molecule has 0 spiro atoms. The molecule has 112 valence electrons. The average Bonchev–Trinajstić information content (AvgIpc) is 3.03. The topological polar surface area (TPSA) is 82.7 Å². The van der Waals surface area contributed by atoms with E-state index in [-0.39, 0.29) is 5.91 Å². The second-order valence-corrected chi connectivity index (χ2v) is 5.45. The second-order valence-electron chi connectivity index (χ2n) is 4.49. The minimum Gasteiger partial charge on any atom is -0.352 e. The summed E-state index contributed by atoms with van der Waals surface area (Å²) >= 11 is 1.58. The van der Waals surface area contributed by atoms with Crippen molar-refractivity contribution in [2.24, 2.45) is 0 Å². The standard InChI is InChI=1S/C14H19N5OS/c1-15-7-2-8-16-13(20)12-5-3-11(4-6-12)9-21-14-17-10-18-19-14/h3-6,10,15H,2,7-9H2,1H3,(H,16,20)(H,17,18,19). The molecular formula is C14H19N5OS. The number of hydrogen-bond acceptors (Lipinski definition) is 5. The molecule has 6 nitrogen and oxygen atoms in total. The van der Waals surface area contributed by atoms with E-state index in [4.69, 9.17) is 0 Å². The van der Waals surface area contributed by atoms with E-state index in [1.54, 1.807) is 11.8 Å².